The molecule has 6 heteroatoms. The van der Waals surface area contributed by atoms with Gasteiger partial charge in [-0.1, -0.05) is 0 Å². The van der Waals surface area contributed by atoms with E-state index in [1.165, 1.54) is 0 Å². The third-order valence-corrected chi connectivity index (χ3v) is 4.07. The molecule has 0 unspecified atom stereocenters. The zero-order chi connectivity index (χ0) is 15.1. The van der Waals surface area contributed by atoms with E-state index in [1.54, 1.807) is 20.3 Å². The van der Waals surface area contributed by atoms with Gasteiger partial charge in [-0.05, 0) is 33.8 Å². The molecule has 0 bridgehead atoms. The van der Waals surface area contributed by atoms with Gasteiger partial charge < -0.3 is 24.5 Å². The van der Waals surface area contributed by atoms with Crippen molar-refractivity contribution in [2.24, 2.45) is 0 Å². The maximum atomic E-state index is 6.03. The van der Waals surface area contributed by atoms with Gasteiger partial charge in [0.1, 0.15) is 11.5 Å². The van der Waals surface area contributed by atoms with Gasteiger partial charge in [0.2, 0.25) is 0 Å². The van der Waals surface area contributed by atoms with Crippen molar-refractivity contribution in [3.63, 3.8) is 0 Å². The molecule has 0 aliphatic carbocycles. The molecular weight excluding hydrogens is 257 g/mol. The topological polar surface area (TPSA) is 62.9 Å². The molecule has 5 nitrogen and oxygen atoms in total. The zero-order valence-corrected chi connectivity index (χ0v) is 12.9. The number of methoxy groups -OCH3 is 2. The summed E-state index contributed by atoms with van der Waals surface area (Å²) in [5.74, 6) is 1.21. The van der Waals surface area contributed by atoms with E-state index in [1.807, 2.05) is 33.8 Å². The van der Waals surface area contributed by atoms with E-state index < -0.39 is 18.3 Å². The van der Waals surface area contributed by atoms with Crippen molar-refractivity contribution >= 4 is 18.3 Å². The third-order valence-electron chi connectivity index (χ3n) is 4.07. The number of anilines is 1. The third kappa shape index (κ3) is 2.34. The fraction of sp³-hybridized carbons (Fsp3) is 0.571. The van der Waals surface area contributed by atoms with E-state index in [-0.39, 0.29) is 0 Å². The molecule has 1 heterocycles. The summed E-state index contributed by atoms with van der Waals surface area (Å²) in [6.45, 7) is 8.01. The molecule has 1 aliphatic rings. The second-order valence-electron chi connectivity index (χ2n) is 5.93. The van der Waals surface area contributed by atoms with Crippen LogP contribution in [0.25, 0.3) is 0 Å². The van der Waals surface area contributed by atoms with Crippen LogP contribution in [0.5, 0.6) is 11.5 Å². The first-order valence-corrected chi connectivity index (χ1v) is 6.59. The second-order valence-corrected chi connectivity index (χ2v) is 5.93. The molecule has 0 saturated carbocycles. The minimum absolute atomic E-state index is 0.416. The minimum Gasteiger partial charge on any atom is -0.497 e. The quantitative estimate of drug-likeness (QED) is 0.672. The Morgan fingerprint density at radius 3 is 2.00 bits per heavy atom. The van der Waals surface area contributed by atoms with Crippen molar-refractivity contribution in [3.05, 3.63) is 12.1 Å². The summed E-state index contributed by atoms with van der Waals surface area (Å²) in [5, 5.41) is 0. The lowest BCUT2D eigenvalue weighted by Crippen LogP contribution is -2.41. The van der Waals surface area contributed by atoms with Crippen molar-refractivity contribution < 1.29 is 18.8 Å². The first-order valence-electron chi connectivity index (χ1n) is 6.59. The minimum atomic E-state index is -0.535. The Hall–Kier alpha value is -1.40. The van der Waals surface area contributed by atoms with Crippen LogP contribution in [0, 0.1) is 0 Å². The monoisotopic (exact) mass is 279 g/mol. The second kappa shape index (κ2) is 4.86. The lowest BCUT2D eigenvalue weighted by Gasteiger charge is -2.32. The maximum absolute atomic E-state index is 6.03. The van der Waals surface area contributed by atoms with Crippen LogP contribution in [0.1, 0.15) is 27.7 Å². The number of hydrogen-bond acceptors (Lipinski definition) is 5. The molecule has 0 atom stereocenters. The Morgan fingerprint density at radius 2 is 1.55 bits per heavy atom. The van der Waals surface area contributed by atoms with Crippen LogP contribution in [0.3, 0.4) is 0 Å². The van der Waals surface area contributed by atoms with Gasteiger partial charge in [0, 0.05) is 11.5 Å². The summed E-state index contributed by atoms with van der Waals surface area (Å²) in [4.78, 5) is 0. The summed E-state index contributed by atoms with van der Waals surface area (Å²) < 4.78 is 22.7. The molecule has 0 aromatic heterocycles. The lowest BCUT2D eigenvalue weighted by molar-refractivity contribution is 0.00578. The summed E-state index contributed by atoms with van der Waals surface area (Å²) in [7, 11) is 2.63. The van der Waals surface area contributed by atoms with Crippen LogP contribution in [0.15, 0.2) is 12.1 Å². The van der Waals surface area contributed by atoms with Gasteiger partial charge in [-0.2, -0.15) is 0 Å². The van der Waals surface area contributed by atoms with E-state index in [4.69, 9.17) is 24.5 Å². The average Bonchev–Trinajstić information content (AvgIpc) is 2.57. The van der Waals surface area contributed by atoms with Crippen LogP contribution in [-0.2, 0) is 9.31 Å². The number of rotatable bonds is 3. The molecule has 110 valence electrons. The molecule has 1 aliphatic heterocycles. The predicted molar refractivity (Wildman–Crippen MR) is 79.7 cm³/mol. The van der Waals surface area contributed by atoms with Crippen LogP contribution < -0.4 is 20.7 Å². The summed E-state index contributed by atoms with van der Waals surface area (Å²) in [5.41, 5.74) is 6.40. The Balaban J connectivity index is 2.46. The highest BCUT2D eigenvalue weighted by atomic mass is 16.7. The number of nitrogen functional groups attached to an aromatic ring is 1. The Bertz CT molecular complexity index is 500. The van der Waals surface area contributed by atoms with Gasteiger partial charge in [-0.3, -0.25) is 0 Å². The van der Waals surface area contributed by atoms with Crippen molar-refractivity contribution in [2.75, 3.05) is 20.0 Å². The van der Waals surface area contributed by atoms with Crippen molar-refractivity contribution in [1.82, 2.24) is 0 Å². The van der Waals surface area contributed by atoms with Crippen molar-refractivity contribution in [1.29, 1.82) is 0 Å². The van der Waals surface area contributed by atoms with E-state index in [9.17, 15) is 0 Å². The number of ether oxygens (including phenoxy) is 2. The van der Waals surface area contributed by atoms with Gasteiger partial charge in [0.25, 0.3) is 0 Å². The molecule has 0 radical (unpaired) electrons. The van der Waals surface area contributed by atoms with E-state index in [2.05, 4.69) is 0 Å². The molecule has 1 fully saturated rings. The SMILES string of the molecule is COc1cc(N)c(OC)c(B2OC(C)(C)C(C)(C)O2)c1. The van der Waals surface area contributed by atoms with Crippen molar-refractivity contribution in [2.45, 2.75) is 38.9 Å². The fourth-order valence-corrected chi connectivity index (χ4v) is 2.14. The van der Waals surface area contributed by atoms with Crippen molar-refractivity contribution in [3.8, 4) is 11.5 Å². The molecular formula is C14H22BNO4. The molecule has 1 saturated heterocycles. The van der Waals surface area contributed by atoms with Gasteiger partial charge in [0.05, 0.1) is 31.1 Å². The molecule has 2 N–H and O–H groups in total. The maximum Gasteiger partial charge on any atom is 0.498 e. The molecule has 0 spiro atoms. The standard InChI is InChI=1S/C14H22BNO4/c1-13(2)14(3,4)20-15(19-13)10-7-9(17-5)8-11(16)12(10)18-6/h7-8H,16H2,1-6H3. The average molecular weight is 279 g/mol. The summed E-state index contributed by atoms with van der Waals surface area (Å²) in [6, 6.07) is 3.55. The van der Waals surface area contributed by atoms with E-state index >= 15 is 0 Å². The van der Waals surface area contributed by atoms with E-state index in [0.29, 0.717) is 17.2 Å². The number of benzene rings is 1. The molecule has 2 rings (SSSR count). The first kappa shape index (κ1) is 15.0. The van der Waals surface area contributed by atoms with Crippen LogP contribution in [0.2, 0.25) is 0 Å². The van der Waals surface area contributed by atoms with Crippen LogP contribution >= 0.6 is 0 Å². The Labute approximate surface area is 120 Å². The zero-order valence-electron chi connectivity index (χ0n) is 12.9. The molecule has 0 amide bonds. The van der Waals surface area contributed by atoms with E-state index in [0.717, 1.165) is 5.46 Å². The largest absolute Gasteiger partial charge is 0.498 e. The van der Waals surface area contributed by atoms with Crippen LogP contribution in [0.4, 0.5) is 5.69 Å². The summed E-state index contributed by atoms with van der Waals surface area (Å²) >= 11 is 0. The smallest absolute Gasteiger partial charge is 0.497 e. The first-order chi connectivity index (χ1) is 9.21. The molecule has 1 aromatic rings. The van der Waals surface area contributed by atoms with Crippen LogP contribution in [-0.4, -0.2) is 32.5 Å². The normalized spacial score (nSPS) is 20.0. The Morgan fingerprint density at radius 1 is 1.00 bits per heavy atom. The molecule has 20 heavy (non-hydrogen) atoms. The number of nitrogens with two attached hydrogens (primary N) is 1. The highest BCUT2D eigenvalue weighted by Crippen LogP contribution is 2.38. The lowest BCUT2D eigenvalue weighted by atomic mass is 9.78. The Kier molecular flexibility index (Phi) is 3.65. The fourth-order valence-electron chi connectivity index (χ4n) is 2.14. The highest BCUT2D eigenvalue weighted by molar-refractivity contribution is 6.63. The predicted octanol–water partition coefficient (Wildman–Crippen LogP) is 1.59. The van der Waals surface area contributed by atoms with Gasteiger partial charge >= 0.3 is 7.12 Å². The number of hydrogen-bond donors (Lipinski definition) is 1. The molecule has 1 aromatic carbocycles. The highest BCUT2D eigenvalue weighted by Gasteiger charge is 2.52. The summed E-state index contributed by atoms with van der Waals surface area (Å²) in [6.07, 6.45) is 0. The van der Waals surface area contributed by atoms with Gasteiger partial charge in [-0.15, -0.1) is 0 Å². The van der Waals surface area contributed by atoms with Gasteiger partial charge in [0.15, 0.2) is 0 Å². The van der Waals surface area contributed by atoms with Gasteiger partial charge in [-0.25, -0.2) is 0 Å².